The van der Waals surface area contributed by atoms with Crippen molar-refractivity contribution < 1.29 is 14.3 Å². The van der Waals surface area contributed by atoms with Gasteiger partial charge in [0.25, 0.3) is 5.91 Å². The maximum atomic E-state index is 12.2. The summed E-state index contributed by atoms with van der Waals surface area (Å²) in [6.45, 7) is 0. The minimum Gasteiger partial charge on any atom is -0.472 e. The van der Waals surface area contributed by atoms with Crippen LogP contribution < -0.4 is 20.9 Å². The van der Waals surface area contributed by atoms with Gasteiger partial charge in [0.05, 0.1) is 28.5 Å². The first-order valence-corrected chi connectivity index (χ1v) is 11.5. The molecule has 1 fully saturated rings. The zero-order valence-corrected chi connectivity index (χ0v) is 19.8. The molecule has 1 aromatic rings. The fraction of sp³-hybridized carbons (Fsp3) is 0.400. The van der Waals surface area contributed by atoms with E-state index in [2.05, 4.69) is 63.7 Å². The number of benzene rings is 1. The van der Waals surface area contributed by atoms with E-state index >= 15 is 0 Å². The van der Waals surface area contributed by atoms with E-state index in [9.17, 15) is 4.79 Å². The molecule has 0 radical (unpaired) electrons. The molecule has 0 spiro atoms. The summed E-state index contributed by atoms with van der Waals surface area (Å²) >= 11 is 15.5. The molecule has 1 aromatic carbocycles. The fourth-order valence-corrected chi connectivity index (χ4v) is 7.48. The Labute approximate surface area is 182 Å². The van der Waals surface area contributed by atoms with Crippen molar-refractivity contribution in [2.45, 2.75) is 36.2 Å². The number of carbonyl (C=O) groups excluding carboxylic acids is 1. The Morgan fingerprint density at radius 2 is 1.52 bits per heavy atom. The van der Waals surface area contributed by atoms with Gasteiger partial charge in [-0.15, -0.1) is 0 Å². The fourth-order valence-electron chi connectivity index (χ4n) is 3.77. The van der Waals surface area contributed by atoms with Crippen molar-refractivity contribution in [2.75, 3.05) is 0 Å². The molecule has 5 nitrogen and oxygen atoms in total. The molecule has 2 heterocycles. The summed E-state index contributed by atoms with van der Waals surface area (Å²) in [4.78, 5) is 11.4. The van der Waals surface area contributed by atoms with Crippen molar-refractivity contribution in [1.29, 1.82) is 0 Å². The van der Waals surface area contributed by atoms with Gasteiger partial charge < -0.3 is 20.9 Å². The smallest absolute Gasteiger partial charge is 0.251 e. The Kier molecular flexibility index (Phi) is 4.47. The number of halogens is 4. The molecule has 134 valence electrons. The number of nitrogens with two attached hydrogens (primary N) is 2. The highest BCUT2D eigenvalue weighted by Gasteiger charge is 2.69. The summed E-state index contributed by atoms with van der Waals surface area (Å²) in [6, 6.07) is 0. The highest BCUT2D eigenvalue weighted by molar-refractivity contribution is 9.15. The standard InChI is InChI=1S/C15H12Br4N2O3S/c16-6-7(17)9(19)11-10(8(6)18)23-14-3-1-2-4-15(14,24-11)25-13(21)5(14)12(20)22/h1-4,21H2,(H2,20,22)/t14-,15+/m0/s1. The molecular formula is C15H12Br4N2O3S. The topological polar surface area (TPSA) is 87.6 Å². The van der Waals surface area contributed by atoms with Crippen LogP contribution in [-0.2, 0) is 4.79 Å². The average molecular weight is 620 g/mol. The van der Waals surface area contributed by atoms with Gasteiger partial charge >= 0.3 is 0 Å². The number of fused-ring (bicyclic) bond motifs is 1. The van der Waals surface area contributed by atoms with E-state index in [-0.39, 0.29) is 0 Å². The molecule has 4 rings (SSSR count). The number of carbonyl (C=O) groups is 1. The van der Waals surface area contributed by atoms with E-state index in [0.717, 1.165) is 26.3 Å². The molecule has 3 aliphatic rings. The van der Waals surface area contributed by atoms with Gasteiger partial charge in [-0.05, 0) is 83.0 Å². The lowest BCUT2D eigenvalue weighted by Gasteiger charge is -2.51. The Morgan fingerprint density at radius 3 is 2.12 bits per heavy atom. The van der Waals surface area contributed by atoms with Gasteiger partial charge in [0, 0.05) is 6.42 Å². The molecule has 10 heteroatoms. The summed E-state index contributed by atoms with van der Waals surface area (Å²) in [5.41, 5.74) is 11.2. The van der Waals surface area contributed by atoms with Crippen LogP contribution in [-0.4, -0.2) is 16.4 Å². The van der Waals surface area contributed by atoms with Crippen molar-refractivity contribution >= 4 is 81.4 Å². The third-order valence-electron chi connectivity index (χ3n) is 4.80. The number of ether oxygens (including phenoxy) is 2. The second-order valence-electron chi connectivity index (χ2n) is 6.11. The highest BCUT2D eigenvalue weighted by atomic mass is 79.9. The van der Waals surface area contributed by atoms with Crippen molar-refractivity contribution in [1.82, 2.24) is 0 Å². The Morgan fingerprint density at radius 1 is 0.960 bits per heavy atom. The average Bonchev–Trinajstić information content (AvgIpc) is 2.84. The number of hydrogen-bond acceptors (Lipinski definition) is 5. The van der Waals surface area contributed by atoms with E-state index in [0.29, 0.717) is 39.4 Å². The monoisotopic (exact) mass is 616 g/mol. The highest BCUT2D eigenvalue weighted by Crippen LogP contribution is 2.66. The van der Waals surface area contributed by atoms with E-state index in [4.69, 9.17) is 20.9 Å². The van der Waals surface area contributed by atoms with Crippen LogP contribution in [0.25, 0.3) is 0 Å². The lowest BCUT2D eigenvalue weighted by molar-refractivity contribution is -0.123. The summed E-state index contributed by atoms with van der Waals surface area (Å²) < 4.78 is 16.1. The van der Waals surface area contributed by atoms with Gasteiger partial charge in [-0.2, -0.15) is 0 Å². The maximum absolute atomic E-state index is 12.2. The normalized spacial score (nSPS) is 30.1. The first-order chi connectivity index (χ1) is 11.7. The predicted molar refractivity (Wildman–Crippen MR) is 110 cm³/mol. The predicted octanol–water partition coefficient (Wildman–Crippen LogP) is 4.92. The van der Waals surface area contributed by atoms with Crippen LogP contribution >= 0.6 is 75.5 Å². The van der Waals surface area contributed by atoms with Crippen LogP contribution in [0.4, 0.5) is 0 Å². The summed E-state index contributed by atoms with van der Waals surface area (Å²) in [6.07, 6.45) is 3.20. The quantitative estimate of drug-likeness (QED) is 0.344. The van der Waals surface area contributed by atoms with Crippen molar-refractivity contribution in [3.8, 4) is 11.5 Å². The molecule has 1 amide bonds. The van der Waals surface area contributed by atoms with Crippen LogP contribution in [0.1, 0.15) is 25.7 Å². The van der Waals surface area contributed by atoms with E-state index in [1.165, 1.54) is 11.8 Å². The zero-order chi connectivity index (χ0) is 18.1. The zero-order valence-electron chi connectivity index (χ0n) is 12.6. The number of primary amides is 1. The SMILES string of the molecule is NC(=O)C1=C(N)S[C@]23CCCC[C@]12Oc1c(Br)c(Br)c(Br)c(Br)c1O3. The van der Waals surface area contributed by atoms with Gasteiger partial charge in [-0.25, -0.2) is 0 Å². The second kappa shape index (κ2) is 6.05. The van der Waals surface area contributed by atoms with Crippen molar-refractivity contribution in [2.24, 2.45) is 11.5 Å². The Balaban J connectivity index is 1.99. The molecule has 0 aromatic heterocycles. The summed E-state index contributed by atoms with van der Waals surface area (Å²) in [5.74, 6) is 0.534. The first kappa shape index (κ1) is 18.5. The third kappa shape index (κ3) is 2.33. The molecule has 1 aliphatic carbocycles. The van der Waals surface area contributed by atoms with Crippen LogP contribution in [0.15, 0.2) is 28.5 Å². The van der Waals surface area contributed by atoms with Crippen molar-refractivity contribution in [3.05, 3.63) is 28.5 Å². The Bertz CT molecular complexity index is 862. The maximum Gasteiger partial charge on any atom is 0.251 e. The molecule has 0 unspecified atom stereocenters. The lowest BCUT2D eigenvalue weighted by atomic mass is 9.75. The van der Waals surface area contributed by atoms with E-state index < -0.39 is 16.4 Å². The number of amides is 1. The van der Waals surface area contributed by atoms with E-state index in [1.54, 1.807) is 0 Å². The van der Waals surface area contributed by atoms with Crippen LogP contribution in [0.5, 0.6) is 11.5 Å². The summed E-state index contributed by atoms with van der Waals surface area (Å²) in [5, 5.41) is 0.382. The van der Waals surface area contributed by atoms with Crippen LogP contribution in [0.3, 0.4) is 0 Å². The Hall–Kier alpha value is 0.1000. The van der Waals surface area contributed by atoms with Gasteiger partial charge in [-0.1, -0.05) is 11.8 Å². The molecule has 1 saturated carbocycles. The molecular weight excluding hydrogens is 608 g/mol. The molecule has 2 aliphatic heterocycles. The van der Waals surface area contributed by atoms with Crippen LogP contribution in [0.2, 0.25) is 0 Å². The molecule has 25 heavy (non-hydrogen) atoms. The number of thioether (sulfide) groups is 1. The second-order valence-corrected chi connectivity index (χ2v) is 10.6. The van der Waals surface area contributed by atoms with Gasteiger partial charge in [-0.3, -0.25) is 4.79 Å². The largest absolute Gasteiger partial charge is 0.472 e. The van der Waals surface area contributed by atoms with Crippen molar-refractivity contribution in [3.63, 3.8) is 0 Å². The first-order valence-electron chi connectivity index (χ1n) is 7.47. The van der Waals surface area contributed by atoms with E-state index in [1.807, 2.05) is 0 Å². The van der Waals surface area contributed by atoms with Gasteiger partial charge in [0.2, 0.25) is 4.93 Å². The minimum atomic E-state index is -0.978. The summed E-state index contributed by atoms with van der Waals surface area (Å²) in [7, 11) is 0. The van der Waals surface area contributed by atoms with Gasteiger partial charge in [0.1, 0.15) is 0 Å². The van der Waals surface area contributed by atoms with Crippen LogP contribution in [0, 0.1) is 0 Å². The number of rotatable bonds is 1. The number of hydrogen-bond donors (Lipinski definition) is 2. The molecule has 0 saturated heterocycles. The molecule has 0 bridgehead atoms. The molecule has 2 atom stereocenters. The minimum absolute atomic E-state index is 0.324. The third-order valence-corrected chi connectivity index (χ3v) is 10.9. The molecule has 4 N–H and O–H groups in total. The lowest BCUT2D eigenvalue weighted by Crippen LogP contribution is -2.63. The van der Waals surface area contributed by atoms with Gasteiger partial charge in [0.15, 0.2) is 17.1 Å².